The Balaban J connectivity index is 1.99. The number of hydrogen-bond donors (Lipinski definition) is 3. The lowest BCUT2D eigenvalue weighted by Crippen LogP contribution is -2.45. The summed E-state index contributed by atoms with van der Waals surface area (Å²) in [5.74, 6) is 1.03. The van der Waals surface area contributed by atoms with Gasteiger partial charge in [0.25, 0.3) is 5.91 Å². The zero-order valence-electron chi connectivity index (χ0n) is 15.6. The quantitative estimate of drug-likeness (QED) is 0.586. The standard InChI is InChI=1S/C20H20BrN3O3S/c1-11-17(19(25)23-13-6-4-12(21)5-7-13)18(24-20(28)22-11)15-9-8-14(26-2)10-16(15)27-3/h4-10,18H,1-3H3,(H,23,25)(H2,22,24,28)/t18-/m1/s1. The summed E-state index contributed by atoms with van der Waals surface area (Å²) in [5.41, 5.74) is 2.69. The summed E-state index contributed by atoms with van der Waals surface area (Å²) in [6.07, 6.45) is 0. The molecule has 1 amide bonds. The summed E-state index contributed by atoms with van der Waals surface area (Å²) in [4.78, 5) is 13.1. The average molecular weight is 462 g/mol. The van der Waals surface area contributed by atoms with E-state index in [0.29, 0.717) is 33.6 Å². The van der Waals surface area contributed by atoms with Gasteiger partial charge in [0.05, 0.1) is 25.8 Å². The van der Waals surface area contributed by atoms with Crippen LogP contribution < -0.4 is 25.4 Å². The molecule has 2 aromatic rings. The van der Waals surface area contributed by atoms with Gasteiger partial charge in [0, 0.05) is 27.5 Å². The number of benzene rings is 2. The lowest BCUT2D eigenvalue weighted by atomic mass is 9.94. The second kappa shape index (κ2) is 8.62. The molecule has 0 aromatic heterocycles. The highest BCUT2D eigenvalue weighted by Crippen LogP contribution is 2.35. The number of rotatable bonds is 5. The molecule has 3 N–H and O–H groups in total. The highest BCUT2D eigenvalue weighted by atomic mass is 79.9. The summed E-state index contributed by atoms with van der Waals surface area (Å²) in [7, 11) is 3.17. The first-order valence-electron chi connectivity index (χ1n) is 8.50. The van der Waals surface area contributed by atoms with Gasteiger partial charge in [-0.2, -0.15) is 0 Å². The Hall–Kier alpha value is -2.58. The first-order chi connectivity index (χ1) is 13.4. The molecule has 0 fully saturated rings. The molecule has 0 unspecified atom stereocenters. The van der Waals surface area contributed by atoms with Crippen LogP contribution in [0.15, 0.2) is 58.2 Å². The van der Waals surface area contributed by atoms with Gasteiger partial charge in [0.1, 0.15) is 11.5 Å². The molecule has 1 aliphatic heterocycles. The van der Waals surface area contributed by atoms with Crippen LogP contribution in [0.2, 0.25) is 0 Å². The lowest BCUT2D eigenvalue weighted by Gasteiger charge is -2.31. The minimum atomic E-state index is -0.468. The van der Waals surface area contributed by atoms with Crippen LogP contribution in [0.5, 0.6) is 11.5 Å². The molecular weight excluding hydrogens is 442 g/mol. The SMILES string of the molecule is COc1ccc([C@H]2NC(=S)NC(C)=C2C(=O)Nc2ccc(Br)cc2)c(OC)c1. The number of hydrogen-bond acceptors (Lipinski definition) is 4. The maximum absolute atomic E-state index is 13.1. The van der Waals surface area contributed by atoms with E-state index in [1.54, 1.807) is 20.3 Å². The van der Waals surface area contributed by atoms with Gasteiger partial charge in [-0.15, -0.1) is 0 Å². The van der Waals surface area contributed by atoms with Gasteiger partial charge in [-0.1, -0.05) is 15.9 Å². The first-order valence-corrected chi connectivity index (χ1v) is 9.70. The van der Waals surface area contributed by atoms with Crippen molar-refractivity contribution in [3.8, 4) is 11.5 Å². The summed E-state index contributed by atoms with van der Waals surface area (Å²) < 4.78 is 11.7. The first kappa shape index (κ1) is 20.2. The molecule has 0 saturated heterocycles. The largest absolute Gasteiger partial charge is 0.497 e. The van der Waals surface area contributed by atoms with Crippen molar-refractivity contribution < 1.29 is 14.3 Å². The second-order valence-electron chi connectivity index (χ2n) is 6.14. The molecular formula is C20H20BrN3O3S. The van der Waals surface area contributed by atoms with E-state index in [0.717, 1.165) is 10.0 Å². The minimum Gasteiger partial charge on any atom is -0.497 e. The number of carbonyl (C=O) groups is 1. The number of anilines is 1. The molecule has 0 bridgehead atoms. The Labute approximate surface area is 177 Å². The maximum atomic E-state index is 13.1. The van der Waals surface area contributed by atoms with Gasteiger partial charge >= 0.3 is 0 Å². The summed E-state index contributed by atoms with van der Waals surface area (Å²) in [6, 6.07) is 12.4. The molecule has 0 aliphatic carbocycles. The van der Waals surface area contributed by atoms with E-state index in [-0.39, 0.29) is 5.91 Å². The molecule has 6 nitrogen and oxygen atoms in total. The Bertz CT molecular complexity index is 944. The van der Waals surface area contributed by atoms with Gasteiger partial charge in [0.15, 0.2) is 5.11 Å². The number of ether oxygens (including phenoxy) is 2. The Morgan fingerprint density at radius 2 is 1.86 bits per heavy atom. The molecule has 1 atom stereocenters. The third-order valence-corrected chi connectivity index (χ3v) is 5.12. The number of allylic oxidation sites excluding steroid dienone is 1. The summed E-state index contributed by atoms with van der Waals surface area (Å²) in [6.45, 7) is 1.83. The summed E-state index contributed by atoms with van der Waals surface area (Å²) in [5, 5.41) is 9.59. The number of halogens is 1. The third-order valence-electron chi connectivity index (χ3n) is 4.37. The van der Waals surface area contributed by atoms with E-state index in [9.17, 15) is 4.79 Å². The van der Waals surface area contributed by atoms with E-state index in [4.69, 9.17) is 21.7 Å². The number of methoxy groups -OCH3 is 2. The smallest absolute Gasteiger partial charge is 0.255 e. The van der Waals surface area contributed by atoms with Gasteiger partial charge in [0.2, 0.25) is 0 Å². The van der Waals surface area contributed by atoms with Crippen molar-refractivity contribution in [1.82, 2.24) is 10.6 Å². The minimum absolute atomic E-state index is 0.231. The monoisotopic (exact) mass is 461 g/mol. The molecule has 146 valence electrons. The fourth-order valence-corrected chi connectivity index (χ4v) is 3.55. The Morgan fingerprint density at radius 3 is 2.50 bits per heavy atom. The van der Waals surface area contributed by atoms with Crippen LogP contribution >= 0.6 is 28.1 Å². The molecule has 0 radical (unpaired) electrons. The number of thiocarbonyl (C=S) groups is 1. The van der Waals surface area contributed by atoms with Crippen molar-refractivity contribution in [2.24, 2.45) is 0 Å². The molecule has 8 heteroatoms. The van der Waals surface area contributed by atoms with Crippen LogP contribution in [-0.4, -0.2) is 25.2 Å². The number of carbonyl (C=O) groups excluding carboxylic acids is 1. The second-order valence-corrected chi connectivity index (χ2v) is 7.46. The predicted octanol–water partition coefficient (Wildman–Crippen LogP) is 3.90. The molecule has 0 saturated carbocycles. The van der Waals surface area contributed by atoms with Crippen molar-refractivity contribution in [2.45, 2.75) is 13.0 Å². The van der Waals surface area contributed by atoms with Gasteiger partial charge in [-0.3, -0.25) is 4.79 Å². The fourth-order valence-electron chi connectivity index (χ4n) is 3.02. The zero-order chi connectivity index (χ0) is 20.3. The molecule has 2 aromatic carbocycles. The summed E-state index contributed by atoms with van der Waals surface area (Å²) >= 11 is 8.70. The Kier molecular flexibility index (Phi) is 6.21. The Morgan fingerprint density at radius 1 is 1.14 bits per heavy atom. The zero-order valence-corrected chi connectivity index (χ0v) is 18.0. The molecule has 3 rings (SSSR count). The topological polar surface area (TPSA) is 71.6 Å². The van der Waals surface area contributed by atoms with Gasteiger partial charge in [-0.05, 0) is 55.5 Å². The van der Waals surface area contributed by atoms with Crippen molar-refractivity contribution in [1.29, 1.82) is 0 Å². The van der Waals surface area contributed by atoms with E-state index < -0.39 is 6.04 Å². The molecule has 28 heavy (non-hydrogen) atoms. The fraction of sp³-hybridized carbons (Fsp3) is 0.200. The van der Waals surface area contributed by atoms with Crippen LogP contribution in [0, 0.1) is 0 Å². The van der Waals surface area contributed by atoms with Crippen molar-refractivity contribution in [3.05, 3.63) is 63.8 Å². The maximum Gasteiger partial charge on any atom is 0.255 e. The van der Waals surface area contributed by atoms with Crippen LogP contribution in [0.3, 0.4) is 0 Å². The van der Waals surface area contributed by atoms with Crippen LogP contribution in [-0.2, 0) is 4.79 Å². The molecule has 1 aliphatic rings. The van der Waals surface area contributed by atoms with Gasteiger partial charge < -0.3 is 25.4 Å². The van der Waals surface area contributed by atoms with Crippen LogP contribution in [0.4, 0.5) is 5.69 Å². The van der Waals surface area contributed by atoms with Crippen LogP contribution in [0.25, 0.3) is 0 Å². The number of amides is 1. The normalized spacial score (nSPS) is 16.1. The highest BCUT2D eigenvalue weighted by Gasteiger charge is 2.32. The van der Waals surface area contributed by atoms with Crippen molar-refractivity contribution in [3.63, 3.8) is 0 Å². The van der Waals surface area contributed by atoms with Gasteiger partial charge in [-0.25, -0.2) is 0 Å². The average Bonchev–Trinajstić information content (AvgIpc) is 2.68. The molecule has 0 spiro atoms. The van der Waals surface area contributed by atoms with E-state index in [1.165, 1.54) is 0 Å². The predicted molar refractivity (Wildman–Crippen MR) is 117 cm³/mol. The lowest BCUT2D eigenvalue weighted by molar-refractivity contribution is -0.113. The van der Waals surface area contributed by atoms with Crippen molar-refractivity contribution in [2.75, 3.05) is 19.5 Å². The van der Waals surface area contributed by atoms with E-state index in [2.05, 4.69) is 31.9 Å². The van der Waals surface area contributed by atoms with Crippen LogP contribution in [0.1, 0.15) is 18.5 Å². The van der Waals surface area contributed by atoms with E-state index in [1.807, 2.05) is 43.3 Å². The third kappa shape index (κ3) is 4.28. The van der Waals surface area contributed by atoms with E-state index >= 15 is 0 Å². The molecule has 1 heterocycles. The number of nitrogens with one attached hydrogen (secondary N) is 3. The van der Waals surface area contributed by atoms with Crippen molar-refractivity contribution >= 4 is 44.9 Å². The highest BCUT2D eigenvalue weighted by molar-refractivity contribution is 9.10.